The third-order valence-corrected chi connectivity index (χ3v) is 4.63. The maximum Gasteiger partial charge on any atom is 0.323 e. The number of rotatable bonds is 9. The van der Waals surface area contributed by atoms with Crippen molar-refractivity contribution in [3.63, 3.8) is 0 Å². The molecule has 2 aromatic rings. The molecule has 0 fully saturated rings. The molecular weight excluding hydrogens is 368 g/mol. The second kappa shape index (κ2) is 10.9. The number of allylic oxidation sites excluding steroid dienone is 2. The average Bonchev–Trinajstić information content (AvgIpc) is 2.77. The number of hydrogen-bond donors (Lipinski definition) is 0. The number of carbonyl (C=O) groups excluding carboxylic acids is 2. The predicted molar refractivity (Wildman–Crippen MR) is 113 cm³/mol. The molecule has 5 heteroatoms. The molecule has 0 bridgehead atoms. The zero-order valence-electron chi connectivity index (χ0n) is 17.0. The minimum absolute atomic E-state index is 0.128. The van der Waals surface area contributed by atoms with E-state index in [-0.39, 0.29) is 12.8 Å². The predicted octanol–water partition coefficient (Wildman–Crippen LogP) is 4.53. The SMILES string of the molecule is COC(=O)C(C/C=C/c1ccccc1)(C/C=C/c1ccccc1OC)C(=O)OC. The fraction of sp³-hybridized carbons (Fsp3) is 0.250. The largest absolute Gasteiger partial charge is 0.496 e. The molecule has 0 aliphatic rings. The highest BCUT2D eigenvalue weighted by molar-refractivity contribution is 6.00. The van der Waals surface area contributed by atoms with Gasteiger partial charge in [0.05, 0.1) is 21.3 Å². The van der Waals surface area contributed by atoms with Gasteiger partial charge in [-0.25, -0.2) is 0 Å². The highest BCUT2D eigenvalue weighted by atomic mass is 16.5. The summed E-state index contributed by atoms with van der Waals surface area (Å²) in [6.07, 6.45) is 7.52. The quantitative estimate of drug-likeness (QED) is 0.462. The van der Waals surface area contributed by atoms with Crippen LogP contribution in [0, 0.1) is 5.41 Å². The Morgan fingerprint density at radius 1 is 0.793 bits per heavy atom. The van der Waals surface area contributed by atoms with Crippen LogP contribution in [0.25, 0.3) is 12.2 Å². The van der Waals surface area contributed by atoms with Gasteiger partial charge >= 0.3 is 11.9 Å². The number of carbonyl (C=O) groups is 2. The van der Waals surface area contributed by atoms with Crippen molar-refractivity contribution in [2.45, 2.75) is 12.8 Å². The molecule has 2 rings (SSSR count). The third-order valence-electron chi connectivity index (χ3n) is 4.63. The number of esters is 2. The van der Waals surface area contributed by atoms with Crippen LogP contribution in [-0.2, 0) is 19.1 Å². The molecule has 2 aromatic carbocycles. The van der Waals surface area contributed by atoms with E-state index in [4.69, 9.17) is 14.2 Å². The summed E-state index contributed by atoms with van der Waals surface area (Å²) in [5.41, 5.74) is 0.354. The Bertz CT molecular complexity index is 852. The molecule has 0 aliphatic carbocycles. The molecule has 0 saturated heterocycles. The second-order valence-electron chi connectivity index (χ2n) is 6.43. The van der Waals surface area contributed by atoms with Gasteiger partial charge in [-0.1, -0.05) is 72.8 Å². The molecule has 152 valence electrons. The van der Waals surface area contributed by atoms with E-state index in [1.54, 1.807) is 19.3 Å². The minimum Gasteiger partial charge on any atom is -0.496 e. The van der Waals surface area contributed by atoms with Crippen LogP contribution >= 0.6 is 0 Å². The van der Waals surface area contributed by atoms with Crippen molar-refractivity contribution in [1.29, 1.82) is 0 Å². The van der Waals surface area contributed by atoms with Crippen molar-refractivity contribution in [2.75, 3.05) is 21.3 Å². The van der Waals surface area contributed by atoms with Crippen molar-refractivity contribution in [2.24, 2.45) is 5.41 Å². The zero-order valence-corrected chi connectivity index (χ0v) is 17.0. The van der Waals surface area contributed by atoms with E-state index in [0.717, 1.165) is 11.1 Å². The minimum atomic E-state index is -1.46. The highest BCUT2D eigenvalue weighted by Crippen LogP contribution is 2.33. The maximum atomic E-state index is 12.6. The molecule has 0 saturated carbocycles. The molecule has 0 atom stereocenters. The van der Waals surface area contributed by atoms with Crippen molar-refractivity contribution in [1.82, 2.24) is 0 Å². The van der Waals surface area contributed by atoms with Gasteiger partial charge in [0, 0.05) is 5.56 Å². The molecule has 0 heterocycles. The topological polar surface area (TPSA) is 61.8 Å². The Kier molecular flexibility index (Phi) is 8.22. The number of hydrogen-bond acceptors (Lipinski definition) is 5. The first-order valence-corrected chi connectivity index (χ1v) is 9.25. The van der Waals surface area contributed by atoms with Gasteiger partial charge in [0.2, 0.25) is 0 Å². The van der Waals surface area contributed by atoms with Crippen molar-refractivity contribution >= 4 is 24.1 Å². The molecule has 29 heavy (non-hydrogen) atoms. The van der Waals surface area contributed by atoms with Crippen molar-refractivity contribution in [3.8, 4) is 5.75 Å². The standard InChI is InChI=1S/C24H26O5/c1-27-21-16-8-7-14-20(21)15-10-18-24(22(25)28-2,23(26)29-3)17-9-13-19-11-5-4-6-12-19/h4-16H,17-18H2,1-3H3/b13-9+,15-10+. The first-order valence-electron chi connectivity index (χ1n) is 9.25. The van der Waals surface area contributed by atoms with Gasteiger partial charge in [-0.05, 0) is 24.5 Å². The number of methoxy groups -OCH3 is 3. The molecule has 0 spiro atoms. The molecule has 0 aliphatic heterocycles. The van der Waals surface area contributed by atoms with Crippen molar-refractivity contribution in [3.05, 3.63) is 77.9 Å². The number of para-hydroxylation sites is 1. The van der Waals surface area contributed by atoms with Gasteiger partial charge in [0.25, 0.3) is 0 Å². The van der Waals surface area contributed by atoms with Crippen LogP contribution in [0.3, 0.4) is 0 Å². The summed E-state index contributed by atoms with van der Waals surface area (Å²) in [5, 5.41) is 0. The Balaban J connectivity index is 2.30. The van der Waals surface area contributed by atoms with Gasteiger partial charge in [-0.2, -0.15) is 0 Å². The third kappa shape index (κ3) is 5.57. The Morgan fingerprint density at radius 2 is 1.34 bits per heavy atom. The van der Waals surface area contributed by atoms with Crippen LogP contribution in [-0.4, -0.2) is 33.3 Å². The zero-order chi connectivity index (χ0) is 21.1. The molecule has 0 aromatic heterocycles. The van der Waals surface area contributed by atoms with Crippen LogP contribution in [0.2, 0.25) is 0 Å². The lowest BCUT2D eigenvalue weighted by molar-refractivity contribution is -0.168. The lowest BCUT2D eigenvalue weighted by Gasteiger charge is -2.25. The normalized spacial score (nSPS) is 11.6. The summed E-state index contributed by atoms with van der Waals surface area (Å²) in [7, 11) is 4.13. The van der Waals surface area contributed by atoms with Crippen LogP contribution < -0.4 is 4.74 Å². The summed E-state index contributed by atoms with van der Waals surface area (Å²) < 4.78 is 15.2. The summed E-state index contributed by atoms with van der Waals surface area (Å²) in [6.45, 7) is 0. The maximum absolute atomic E-state index is 12.6. The Labute approximate surface area is 171 Å². The molecule has 0 N–H and O–H groups in total. The van der Waals surface area contributed by atoms with Crippen LogP contribution in [0.5, 0.6) is 5.75 Å². The second-order valence-corrected chi connectivity index (χ2v) is 6.43. The molecule has 0 amide bonds. The summed E-state index contributed by atoms with van der Waals surface area (Å²) in [6, 6.07) is 17.1. The molecule has 5 nitrogen and oxygen atoms in total. The van der Waals surface area contributed by atoms with Crippen LogP contribution in [0.4, 0.5) is 0 Å². The van der Waals surface area contributed by atoms with E-state index >= 15 is 0 Å². The summed E-state index contributed by atoms with van der Waals surface area (Å²) in [4.78, 5) is 25.3. The monoisotopic (exact) mass is 394 g/mol. The van der Waals surface area contributed by atoms with E-state index in [9.17, 15) is 9.59 Å². The summed E-state index contributed by atoms with van der Waals surface area (Å²) >= 11 is 0. The van der Waals surface area contributed by atoms with Crippen LogP contribution in [0.15, 0.2) is 66.7 Å². The van der Waals surface area contributed by atoms with E-state index in [2.05, 4.69) is 0 Å². The summed E-state index contributed by atoms with van der Waals surface area (Å²) in [5.74, 6) is -0.562. The average molecular weight is 394 g/mol. The van der Waals surface area contributed by atoms with Gasteiger partial charge in [-0.3, -0.25) is 9.59 Å². The number of benzene rings is 2. The number of ether oxygens (including phenoxy) is 3. The first kappa shape index (κ1) is 22.0. The van der Waals surface area contributed by atoms with E-state index < -0.39 is 17.4 Å². The molecule has 0 radical (unpaired) electrons. The Hall–Kier alpha value is -3.34. The fourth-order valence-electron chi connectivity index (χ4n) is 3.04. The van der Waals surface area contributed by atoms with Gasteiger partial charge < -0.3 is 14.2 Å². The van der Waals surface area contributed by atoms with Crippen LogP contribution in [0.1, 0.15) is 24.0 Å². The lowest BCUT2D eigenvalue weighted by atomic mass is 9.80. The fourth-order valence-corrected chi connectivity index (χ4v) is 3.04. The first-order chi connectivity index (χ1) is 14.1. The van der Waals surface area contributed by atoms with Crippen molar-refractivity contribution < 1.29 is 23.8 Å². The van der Waals surface area contributed by atoms with Gasteiger partial charge in [-0.15, -0.1) is 0 Å². The Morgan fingerprint density at radius 3 is 1.93 bits per heavy atom. The molecular formula is C24H26O5. The van der Waals surface area contributed by atoms with E-state index in [1.165, 1.54) is 14.2 Å². The van der Waals surface area contributed by atoms with Gasteiger partial charge in [0.15, 0.2) is 5.41 Å². The molecule has 0 unspecified atom stereocenters. The lowest BCUT2D eigenvalue weighted by Crippen LogP contribution is -2.40. The highest BCUT2D eigenvalue weighted by Gasteiger charge is 2.46. The van der Waals surface area contributed by atoms with Gasteiger partial charge in [0.1, 0.15) is 5.75 Å². The van der Waals surface area contributed by atoms with E-state index in [1.807, 2.05) is 66.7 Å². The smallest absolute Gasteiger partial charge is 0.323 e. The van der Waals surface area contributed by atoms with E-state index in [0.29, 0.717) is 5.75 Å².